The Morgan fingerprint density at radius 2 is 2.00 bits per heavy atom. The van der Waals surface area contributed by atoms with E-state index in [4.69, 9.17) is 0 Å². The van der Waals surface area contributed by atoms with Crippen molar-refractivity contribution >= 4 is 40.2 Å². The third-order valence-electron chi connectivity index (χ3n) is 3.38. The summed E-state index contributed by atoms with van der Waals surface area (Å²) in [5.41, 5.74) is 0.562. The highest BCUT2D eigenvalue weighted by molar-refractivity contribution is 9.10. The molecule has 0 radical (unpaired) electrons. The topological polar surface area (TPSA) is 57.6 Å². The molecule has 2 heterocycles. The maximum absolute atomic E-state index is 12.3. The summed E-state index contributed by atoms with van der Waals surface area (Å²) in [7, 11) is 3.47. The summed E-state index contributed by atoms with van der Waals surface area (Å²) in [6, 6.07) is 1.76. The summed E-state index contributed by atoms with van der Waals surface area (Å²) >= 11 is 3.34. The van der Waals surface area contributed by atoms with E-state index in [2.05, 4.69) is 21.2 Å². The monoisotopic (exact) mass is 378 g/mol. The lowest BCUT2D eigenvalue weighted by Crippen LogP contribution is -2.49. The predicted molar refractivity (Wildman–Crippen MR) is 86.8 cm³/mol. The molecule has 21 heavy (non-hydrogen) atoms. The minimum absolute atomic E-state index is 0. The number of carbonyl (C=O) groups excluding carboxylic acids is 2. The molecule has 0 aromatic carbocycles. The maximum atomic E-state index is 12.3. The van der Waals surface area contributed by atoms with Crippen LogP contribution in [-0.4, -0.2) is 66.0 Å². The molecule has 1 N–H and O–H groups in total. The second-order valence-corrected chi connectivity index (χ2v) is 5.86. The van der Waals surface area contributed by atoms with Crippen molar-refractivity contribution in [2.75, 3.05) is 39.8 Å². The summed E-state index contributed by atoms with van der Waals surface area (Å²) in [5, 5.41) is 3.20. The molecule has 0 unspecified atom stereocenters. The van der Waals surface area contributed by atoms with Gasteiger partial charge in [-0.15, -0.1) is 12.4 Å². The lowest BCUT2D eigenvalue weighted by Gasteiger charge is -2.29. The first-order valence-electron chi connectivity index (χ1n) is 6.55. The molecule has 118 valence electrons. The molecule has 0 bridgehead atoms. The number of carbonyl (C=O) groups is 2. The average Bonchev–Trinajstić information content (AvgIpc) is 2.77. The molecule has 1 aromatic rings. The van der Waals surface area contributed by atoms with Crippen molar-refractivity contribution in [2.45, 2.75) is 0 Å². The van der Waals surface area contributed by atoms with Crippen LogP contribution in [0.15, 0.2) is 16.7 Å². The minimum atomic E-state index is -0.151. The van der Waals surface area contributed by atoms with Crippen molar-refractivity contribution in [3.63, 3.8) is 0 Å². The first-order valence-corrected chi connectivity index (χ1v) is 7.34. The molecule has 1 saturated heterocycles. The molecule has 1 aliphatic heterocycles. The lowest BCUT2D eigenvalue weighted by atomic mass is 10.3. The molecule has 2 rings (SSSR count). The number of aromatic nitrogens is 1. The summed E-state index contributed by atoms with van der Waals surface area (Å²) in [5.74, 6) is -0.155. The van der Waals surface area contributed by atoms with Crippen LogP contribution in [-0.2, 0) is 11.8 Å². The highest BCUT2D eigenvalue weighted by Gasteiger charge is 2.22. The SMILES string of the molecule is CN(CC(=O)N1CCNCC1)C(=O)c1cc(Br)cn1C.Cl. The van der Waals surface area contributed by atoms with E-state index in [1.807, 2.05) is 13.2 Å². The van der Waals surface area contributed by atoms with Crippen LogP contribution < -0.4 is 5.32 Å². The van der Waals surface area contributed by atoms with Gasteiger partial charge in [0.2, 0.25) is 5.91 Å². The third kappa shape index (κ3) is 4.46. The van der Waals surface area contributed by atoms with Crippen LogP contribution >= 0.6 is 28.3 Å². The second-order valence-electron chi connectivity index (χ2n) is 4.95. The number of aryl methyl sites for hydroxylation is 1. The van der Waals surface area contributed by atoms with Crippen molar-refractivity contribution in [1.29, 1.82) is 0 Å². The Labute approximate surface area is 139 Å². The smallest absolute Gasteiger partial charge is 0.270 e. The number of likely N-dealkylation sites (N-methyl/N-ethyl adjacent to an activating group) is 1. The van der Waals surface area contributed by atoms with Gasteiger partial charge in [-0.05, 0) is 22.0 Å². The number of piperazine rings is 1. The Morgan fingerprint density at radius 1 is 1.38 bits per heavy atom. The van der Waals surface area contributed by atoms with E-state index in [1.54, 1.807) is 22.6 Å². The van der Waals surface area contributed by atoms with Crippen molar-refractivity contribution in [3.8, 4) is 0 Å². The molecule has 1 fully saturated rings. The average molecular weight is 380 g/mol. The molecule has 1 aliphatic rings. The van der Waals surface area contributed by atoms with E-state index in [0.29, 0.717) is 18.8 Å². The number of hydrogen-bond acceptors (Lipinski definition) is 3. The van der Waals surface area contributed by atoms with Crippen LogP contribution in [0.25, 0.3) is 0 Å². The first-order chi connectivity index (χ1) is 9.49. The Morgan fingerprint density at radius 3 is 2.52 bits per heavy atom. The Bertz CT molecular complexity index is 514. The van der Waals surface area contributed by atoms with Crippen molar-refractivity contribution in [2.24, 2.45) is 7.05 Å². The molecular weight excluding hydrogens is 360 g/mol. The van der Waals surface area contributed by atoms with Crippen LogP contribution in [0.4, 0.5) is 0 Å². The summed E-state index contributed by atoms with van der Waals surface area (Å²) in [4.78, 5) is 27.7. The van der Waals surface area contributed by atoms with Gasteiger partial charge in [0, 0.05) is 50.9 Å². The van der Waals surface area contributed by atoms with Gasteiger partial charge in [-0.1, -0.05) is 0 Å². The Balaban J connectivity index is 0.00000220. The van der Waals surface area contributed by atoms with Gasteiger partial charge >= 0.3 is 0 Å². The van der Waals surface area contributed by atoms with Gasteiger partial charge in [0.15, 0.2) is 0 Å². The van der Waals surface area contributed by atoms with Gasteiger partial charge in [0.25, 0.3) is 5.91 Å². The fourth-order valence-corrected chi connectivity index (χ4v) is 2.75. The van der Waals surface area contributed by atoms with Crippen molar-refractivity contribution < 1.29 is 9.59 Å². The van der Waals surface area contributed by atoms with Gasteiger partial charge in [-0.2, -0.15) is 0 Å². The highest BCUT2D eigenvalue weighted by Crippen LogP contribution is 2.15. The third-order valence-corrected chi connectivity index (χ3v) is 3.81. The number of nitrogens with zero attached hydrogens (tertiary/aromatic N) is 3. The Kier molecular flexibility index (Phi) is 6.70. The molecule has 0 spiro atoms. The fourth-order valence-electron chi connectivity index (χ4n) is 2.22. The standard InChI is InChI=1S/C13H19BrN4O2.ClH/c1-16-8-10(14)7-11(16)13(20)17(2)9-12(19)18-5-3-15-4-6-18;/h7-8,15H,3-6,9H2,1-2H3;1H. The minimum Gasteiger partial charge on any atom is -0.345 e. The van der Waals surface area contributed by atoms with Crippen LogP contribution in [0, 0.1) is 0 Å². The molecule has 1 aromatic heterocycles. The number of rotatable bonds is 3. The Hall–Kier alpha value is -1.05. The summed E-state index contributed by atoms with van der Waals surface area (Å²) in [6.45, 7) is 3.15. The normalized spacial score (nSPS) is 14.5. The van der Waals surface area contributed by atoms with E-state index in [0.717, 1.165) is 17.6 Å². The van der Waals surface area contributed by atoms with E-state index < -0.39 is 0 Å². The lowest BCUT2D eigenvalue weighted by molar-refractivity contribution is -0.132. The van der Waals surface area contributed by atoms with Crippen molar-refractivity contribution in [1.82, 2.24) is 19.7 Å². The zero-order chi connectivity index (χ0) is 14.7. The molecule has 0 atom stereocenters. The number of halogens is 2. The predicted octanol–water partition coefficient (Wildman–Crippen LogP) is 0.713. The summed E-state index contributed by atoms with van der Waals surface area (Å²) in [6.07, 6.45) is 1.82. The number of nitrogens with one attached hydrogen (secondary N) is 1. The zero-order valence-electron chi connectivity index (χ0n) is 12.1. The fraction of sp³-hybridized carbons (Fsp3) is 0.538. The quantitative estimate of drug-likeness (QED) is 0.842. The van der Waals surface area contributed by atoms with Gasteiger partial charge in [0.1, 0.15) is 5.69 Å². The van der Waals surface area contributed by atoms with E-state index in [1.165, 1.54) is 4.90 Å². The van der Waals surface area contributed by atoms with Gasteiger partial charge in [-0.3, -0.25) is 9.59 Å². The van der Waals surface area contributed by atoms with E-state index >= 15 is 0 Å². The molecule has 6 nitrogen and oxygen atoms in total. The highest BCUT2D eigenvalue weighted by atomic mass is 79.9. The number of hydrogen-bond donors (Lipinski definition) is 1. The van der Waals surface area contributed by atoms with E-state index in [9.17, 15) is 9.59 Å². The largest absolute Gasteiger partial charge is 0.345 e. The van der Waals surface area contributed by atoms with Gasteiger partial charge in [-0.25, -0.2) is 0 Å². The van der Waals surface area contributed by atoms with Crippen LogP contribution in [0.2, 0.25) is 0 Å². The molecule has 0 aliphatic carbocycles. The molecule has 2 amide bonds. The number of amides is 2. The van der Waals surface area contributed by atoms with Crippen LogP contribution in [0.1, 0.15) is 10.5 Å². The van der Waals surface area contributed by atoms with Gasteiger partial charge < -0.3 is 19.7 Å². The van der Waals surface area contributed by atoms with Crippen LogP contribution in [0.3, 0.4) is 0 Å². The van der Waals surface area contributed by atoms with E-state index in [-0.39, 0.29) is 30.8 Å². The maximum Gasteiger partial charge on any atom is 0.270 e. The molecular formula is C13H20BrClN4O2. The van der Waals surface area contributed by atoms with Gasteiger partial charge in [0.05, 0.1) is 6.54 Å². The first kappa shape index (κ1) is 18.0. The second kappa shape index (κ2) is 7.82. The zero-order valence-corrected chi connectivity index (χ0v) is 14.5. The van der Waals surface area contributed by atoms with Crippen molar-refractivity contribution in [3.05, 3.63) is 22.4 Å². The molecule has 0 saturated carbocycles. The molecule has 8 heteroatoms. The van der Waals surface area contributed by atoms with Crippen LogP contribution in [0.5, 0.6) is 0 Å². The summed E-state index contributed by atoms with van der Waals surface area (Å²) < 4.78 is 2.60.